The minimum Gasteiger partial charge on any atom is -0.508 e. The van der Waals surface area contributed by atoms with Crippen LogP contribution >= 0.6 is 0 Å². The Balaban J connectivity index is 1.88. The molecule has 0 unspecified atom stereocenters. The third kappa shape index (κ3) is 3.21. The second-order valence-corrected chi connectivity index (χ2v) is 3.68. The number of aromatic hydroxyl groups is 1. The van der Waals surface area contributed by atoms with Crippen LogP contribution < -0.4 is 4.74 Å². The monoisotopic (exact) mass is 232 g/mol. The standard InChI is InChI=1S/C14H13FO2/c15-12-5-7-13(8-6-12)17-10-9-11-3-1-2-4-14(11)16/h1-8,16H,9-10H2. The number of hydrogen-bond donors (Lipinski definition) is 1. The average Bonchev–Trinajstić information content (AvgIpc) is 2.34. The zero-order valence-corrected chi connectivity index (χ0v) is 9.27. The predicted molar refractivity (Wildman–Crippen MR) is 63.7 cm³/mol. The lowest BCUT2D eigenvalue weighted by Crippen LogP contribution is -2.01. The lowest BCUT2D eigenvalue weighted by Gasteiger charge is -2.07. The first kappa shape index (κ1) is 11.5. The quantitative estimate of drug-likeness (QED) is 0.877. The number of phenols is 1. The highest BCUT2D eigenvalue weighted by Crippen LogP contribution is 2.17. The van der Waals surface area contributed by atoms with Crippen molar-refractivity contribution >= 4 is 0 Å². The lowest BCUT2D eigenvalue weighted by atomic mass is 10.1. The maximum Gasteiger partial charge on any atom is 0.123 e. The fraction of sp³-hybridized carbons (Fsp3) is 0.143. The number of hydrogen-bond acceptors (Lipinski definition) is 2. The van der Waals surface area contributed by atoms with E-state index in [4.69, 9.17) is 4.74 Å². The summed E-state index contributed by atoms with van der Waals surface area (Å²) in [6, 6.07) is 13.0. The maximum absolute atomic E-state index is 12.6. The molecular formula is C14H13FO2. The van der Waals surface area contributed by atoms with E-state index in [1.165, 1.54) is 12.1 Å². The first-order chi connectivity index (χ1) is 8.25. The largest absolute Gasteiger partial charge is 0.508 e. The minimum absolute atomic E-state index is 0.273. The van der Waals surface area contributed by atoms with Gasteiger partial charge in [-0.05, 0) is 35.9 Å². The smallest absolute Gasteiger partial charge is 0.123 e. The maximum atomic E-state index is 12.6. The van der Waals surface area contributed by atoms with Crippen molar-refractivity contribution in [1.82, 2.24) is 0 Å². The van der Waals surface area contributed by atoms with E-state index < -0.39 is 0 Å². The Bertz CT molecular complexity index is 480. The van der Waals surface area contributed by atoms with Gasteiger partial charge in [-0.2, -0.15) is 0 Å². The first-order valence-electron chi connectivity index (χ1n) is 5.41. The van der Waals surface area contributed by atoms with Crippen LogP contribution in [0.1, 0.15) is 5.56 Å². The molecule has 0 aliphatic carbocycles. The highest BCUT2D eigenvalue weighted by atomic mass is 19.1. The van der Waals surface area contributed by atoms with E-state index in [1.54, 1.807) is 24.3 Å². The summed E-state index contributed by atoms with van der Waals surface area (Å²) < 4.78 is 18.1. The molecular weight excluding hydrogens is 219 g/mol. The zero-order chi connectivity index (χ0) is 12.1. The molecule has 0 bridgehead atoms. The third-order valence-electron chi connectivity index (χ3n) is 2.45. The number of halogens is 1. The molecule has 0 radical (unpaired) electrons. The van der Waals surface area contributed by atoms with Gasteiger partial charge in [0.1, 0.15) is 17.3 Å². The van der Waals surface area contributed by atoms with Crippen molar-refractivity contribution in [1.29, 1.82) is 0 Å². The van der Waals surface area contributed by atoms with Crippen LogP contribution in [0.4, 0.5) is 4.39 Å². The molecule has 0 heterocycles. The third-order valence-corrected chi connectivity index (χ3v) is 2.45. The summed E-state index contributed by atoms with van der Waals surface area (Å²) in [5.74, 6) is 0.620. The van der Waals surface area contributed by atoms with Gasteiger partial charge >= 0.3 is 0 Å². The lowest BCUT2D eigenvalue weighted by molar-refractivity contribution is 0.319. The summed E-state index contributed by atoms with van der Waals surface area (Å²) in [6.07, 6.45) is 0.615. The fourth-order valence-corrected chi connectivity index (χ4v) is 1.53. The number of ether oxygens (including phenoxy) is 1. The summed E-state index contributed by atoms with van der Waals surface area (Å²) in [4.78, 5) is 0. The Kier molecular flexibility index (Phi) is 3.60. The van der Waals surface area contributed by atoms with Gasteiger partial charge in [0.05, 0.1) is 6.61 Å². The Morgan fingerprint density at radius 1 is 1.00 bits per heavy atom. The molecule has 2 nitrogen and oxygen atoms in total. The molecule has 0 fully saturated rings. The fourth-order valence-electron chi connectivity index (χ4n) is 1.53. The van der Waals surface area contributed by atoms with Gasteiger partial charge in [0.2, 0.25) is 0 Å². The van der Waals surface area contributed by atoms with E-state index in [9.17, 15) is 9.50 Å². The highest BCUT2D eigenvalue weighted by Gasteiger charge is 2.00. The Hall–Kier alpha value is -2.03. The Morgan fingerprint density at radius 2 is 1.71 bits per heavy atom. The zero-order valence-electron chi connectivity index (χ0n) is 9.27. The van der Waals surface area contributed by atoms with E-state index in [-0.39, 0.29) is 11.6 Å². The van der Waals surface area contributed by atoms with Gasteiger partial charge in [0.15, 0.2) is 0 Å². The van der Waals surface area contributed by atoms with Gasteiger partial charge in [0.25, 0.3) is 0 Å². The van der Waals surface area contributed by atoms with Crippen LogP contribution in [-0.4, -0.2) is 11.7 Å². The molecule has 17 heavy (non-hydrogen) atoms. The molecule has 88 valence electrons. The normalized spacial score (nSPS) is 10.2. The molecule has 1 N–H and O–H groups in total. The molecule has 0 saturated carbocycles. The SMILES string of the molecule is Oc1ccccc1CCOc1ccc(F)cc1. The Morgan fingerprint density at radius 3 is 2.41 bits per heavy atom. The van der Waals surface area contributed by atoms with Gasteiger partial charge < -0.3 is 9.84 Å². The van der Waals surface area contributed by atoms with E-state index in [2.05, 4.69) is 0 Å². The van der Waals surface area contributed by atoms with Crippen molar-refractivity contribution in [3.05, 3.63) is 59.9 Å². The molecule has 0 aliphatic rings. The summed E-state index contributed by atoms with van der Waals surface area (Å²) in [7, 11) is 0. The number of rotatable bonds is 4. The predicted octanol–water partition coefficient (Wildman–Crippen LogP) is 3.15. The van der Waals surface area contributed by atoms with Gasteiger partial charge in [-0.3, -0.25) is 0 Å². The van der Waals surface area contributed by atoms with E-state index in [0.29, 0.717) is 18.8 Å². The van der Waals surface area contributed by atoms with Crippen LogP contribution in [0.5, 0.6) is 11.5 Å². The van der Waals surface area contributed by atoms with Crippen LogP contribution in [0.25, 0.3) is 0 Å². The van der Waals surface area contributed by atoms with Gasteiger partial charge in [-0.25, -0.2) is 4.39 Å². The molecule has 0 amide bonds. The van der Waals surface area contributed by atoms with Crippen molar-refractivity contribution in [2.45, 2.75) is 6.42 Å². The van der Waals surface area contributed by atoms with Crippen molar-refractivity contribution in [2.24, 2.45) is 0 Å². The van der Waals surface area contributed by atoms with Gasteiger partial charge in [-0.1, -0.05) is 18.2 Å². The summed E-state index contributed by atoms with van der Waals surface area (Å²) >= 11 is 0. The molecule has 0 saturated heterocycles. The van der Waals surface area contributed by atoms with Crippen molar-refractivity contribution in [2.75, 3.05) is 6.61 Å². The van der Waals surface area contributed by atoms with Crippen LogP contribution in [0.15, 0.2) is 48.5 Å². The number of benzene rings is 2. The second kappa shape index (κ2) is 5.34. The van der Waals surface area contributed by atoms with Crippen LogP contribution in [0, 0.1) is 5.82 Å². The second-order valence-electron chi connectivity index (χ2n) is 3.68. The van der Waals surface area contributed by atoms with E-state index in [0.717, 1.165) is 5.56 Å². The number of para-hydroxylation sites is 1. The minimum atomic E-state index is -0.280. The summed E-state index contributed by atoms with van der Waals surface area (Å²) in [6.45, 7) is 0.448. The molecule has 2 aromatic carbocycles. The molecule has 0 aromatic heterocycles. The van der Waals surface area contributed by atoms with Crippen molar-refractivity contribution < 1.29 is 14.2 Å². The molecule has 2 rings (SSSR count). The topological polar surface area (TPSA) is 29.5 Å². The Labute approximate surface area is 99.3 Å². The molecule has 0 atom stereocenters. The molecule has 0 aliphatic heterocycles. The van der Waals surface area contributed by atoms with E-state index in [1.807, 2.05) is 12.1 Å². The van der Waals surface area contributed by atoms with Gasteiger partial charge in [-0.15, -0.1) is 0 Å². The summed E-state index contributed by atoms with van der Waals surface area (Å²) in [5, 5.41) is 9.54. The van der Waals surface area contributed by atoms with Crippen LogP contribution in [-0.2, 0) is 6.42 Å². The van der Waals surface area contributed by atoms with E-state index >= 15 is 0 Å². The summed E-state index contributed by atoms with van der Waals surface area (Å²) in [5.41, 5.74) is 0.842. The average molecular weight is 232 g/mol. The van der Waals surface area contributed by atoms with Crippen molar-refractivity contribution in [3.63, 3.8) is 0 Å². The molecule has 0 spiro atoms. The van der Waals surface area contributed by atoms with Crippen LogP contribution in [0.2, 0.25) is 0 Å². The van der Waals surface area contributed by atoms with Gasteiger partial charge in [0, 0.05) is 6.42 Å². The number of phenolic OH excluding ortho intramolecular Hbond substituents is 1. The van der Waals surface area contributed by atoms with Crippen LogP contribution in [0.3, 0.4) is 0 Å². The van der Waals surface area contributed by atoms with Crippen molar-refractivity contribution in [3.8, 4) is 11.5 Å². The molecule has 3 heteroatoms. The highest BCUT2D eigenvalue weighted by molar-refractivity contribution is 5.32. The molecule has 2 aromatic rings. The first-order valence-corrected chi connectivity index (χ1v) is 5.41.